The number of nitrogens with zero attached hydrogens (tertiary/aromatic N) is 4. The minimum absolute atomic E-state index is 0.158. The van der Waals surface area contributed by atoms with Gasteiger partial charge in [0.1, 0.15) is 5.75 Å². The van der Waals surface area contributed by atoms with E-state index >= 15 is 0 Å². The Bertz CT molecular complexity index is 890. The molecule has 0 atom stereocenters. The molecule has 0 aliphatic heterocycles. The summed E-state index contributed by atoms with van der Waals surface area (Å²) in [6.07, 6.45) is 0. The summed E-state index contributed by atoms with van der Waals surface area (Å²) >= 11 is 0. The highest BCUT2D eigenvalue weighted by molar-refractivity contribution is 7.91. The summed E-state index contributed by atoms with van der Waals surface area (Å²) in [4.78, 5) is 0.158. The van der Waals surface area contributed by atoms with Gasteiger partial charge in [-0.1, -0.05) is 35.4 Å². The van der Waals surface area contributed by atoms with E-state index in [1.807, 2.05) is 12.1 Å². The molecular weight excluding hydrogens is 316 g/mol. The molecule has 0 amide bonds. The van der Waals surface area contributed by atoms with Crippen LogP contribution in [-0.2, 0) is 16.4 Å². The molecule has 8 heteroatoms. The molecule has 0 bridgehead atoms. The Balaban J connectivity index is 1.93. The fourth-order valence-corrected chi connectivity index (χ4v) is 3.35. The molecule has 23 heavy (non-hydrogen) atoms. The third kappa shape index (κ3) is 3.07. The van der Waals surface area contributed by atoms with Crippen molar-refractivity contribution in [2.24, 2.45) is 0 Å². The average Bonchev–Trinajstić information content (AvgIpc) is 3.05. The Morgan fingerprint density at radius 3 is 2.39 bits per heavy atom. The number of rotatable bonds is 5. The van der Waals surface area contributed by atoms with Gasteiger partial charge < -0.3 is 4.74 Å². The fourth-order valence-electron chi connectivity index (χ4n) is 2.10. The molecule has 0 fully saturated rings. The molecule has 0 N–H and O–H groups in total. The van der Waals surface area contributed by atoms with Gasteiger partial charge in [0.15, 0.2) is 0 Å². The van der Waals surface area contributed by atoms with Crippen LogP contribution in [0.5, 0.6) is 5.75 Å². The maximum absolute atomic E-state index is 12.6. The molecule has 3 rings (SSSR count). The number of hydrogen-bond acceptors (Lipinski definition) is 6. The first kappa shape index (κ1) is 15.2. The molecule has 7 nitrogen and oxygen atoms in total. The quantitative estimate of drug-likeness (QED) is 0.705. The van der Waals surface area contributed by atoms with Gasteiger partial charge in [0, 0.05) is 0 Å². The van der Waals surface area contributed by atoms with Crippen molar-refractivity contribution < 1.29 is 13.2 Å². The first-order valence-electron chi connectivity index (χ1n) is 6.80. The van der Waals surface area contributed by atoms with Gasteiger partial charge in [0.2, 0.25) is 9.84 Å². The molecule has 3 aromatic rings. The molecule has 118 valence electrons. The van der Waals surface area contributed by atoms with Crippen molar-refractivity contribution in [1.29, 1.82) is 0 Å². The lowest BCUT2D eigenvalue weighted by Crippen LogP contribution is -2.13. The van der Waals surface area contributed by atoms with Crippen LogP contribution in [0.15, 0.2) is 64.6 Å². The van der Waals surface area contributed by atoms with Gasteiger partial charge in [-0.3, -0.25) is 0 Å². The molecule has 0 aliphatic rings. The fraction of sp³-hybridized carbons (Fsp3) is 0.133. The van der Waals surface area contributed by atoms with Crippen LogP contribution in [0.2, 0.25) is 0 Å². The smallest absolute Gasteiger partial charge is 0.272 e. The van der Waals surface area contributed by atoms with Crippen molar-refractivity contribution in [3.63, 3.8) is 0 Å². The second-order valence-electron chi connectivity index (χ2n) is 4.78. The highest BCUT2D eigenvalue weighted by Crippen LogP contribution is 2.19. The summed E-state index contributed by atoms with van der Waals surface area (Å²) in [7, 11) is -2.17. The summed E-state index contributed by atoms with van der Waals surface area (Å²) in [5.74, 6) is 0.725. The molecule has 2 aromatic carbocycles. The molecule has 0 spiro atoms. The van der Waals surface area contributed by atoms with Gasteiger partial charge in [0.05, 0.1) is 18.6 Å². The predicted molar refractivity (Wildman–Crippen MR) is 81.8 cm³/mol. The molecule has 1 aromatic heterocycles. The third-order valence-corrected chi connectivity index (χ3v) is 4.95. The maximum atomic E-state index is 12.6. The van der Waals surface area contributed by atoms with Gasteiger partial charge in [-0.2, -0.15) is 0 Å². The number of hydrogen-bond donors (Lipinski definition) is 0. The minimum atomic E-state index is -3.76. The van der Waals surface area contributed by atoms with E-state index in [4.69, 9.17) is 4.74 Å². The van der Waals surface area contributed by atoms with E-state index in [0.29, 0.717) is 0 Å². The minimum Gasteiger partial charge on any atom is -0.497 e. The Kier molecular flexibility index (Phi) is 4.07. The van der Waals surface area contributed by atoms with E-state index in [9.17, 15) is 8.42 Å². The van der Waals surface area contributed by atoms with Crippen LogP contribution in [0.25, 0.3) is 0 Å². The molecule has 0 saturated heterocycles. The van der Waals surface area contributed by atoms with Crippen molar-refractivity contribution in [3.05, 3.63) is 60.2 Å². The number of benzene rings is 2. The number of ether oxygens (including phenoxy) is 1. The molecule has 1 heterocycles. The Labute approximate surface area is 133 Å². The van der Waals surface area contributed by atoms with Gasteiger partial charge in [-0.25, -0.2) is 13.1 Å². The van der Waals surface area contributed by atoms with E-state index in [0.717, 1.165) is 11.3 Å². The standard InChI is InChI=1S/C15H14N4O3S/c1-22-13-9-7-12(8-10-13)11-19-15(16-17-18-19)23(20,21)14-5-3-2-4-6-14/h2-10H,11H2,1H3. The highest BCUT2D eigenvalue weighted by atomic mass is 32.2. The van der Waals surface area contributed by atoms with Crippen LogP contribution < -0.4 is 4.74 Å². The largest absolute Gasteiger partial charge is 0.497 e. The number of methoxy groups -OCH3 is 1. The zero-order valence-corrected chi connectivity index (χ0v) is 13.1. The number of aromatic nitrogens is 4. The lowest BCUT2D eigenvalue weighted by atomic mass is 10.2. The normalized spacial score (nSPS) is 11.3. The lowest BCUT2D eigenvalue weighted by Gasteiger charge is -2.06. The molecule has 0 radical (unpaired) electrons. The molecule has 0 saturated carbocycles. The molecule has 0 aliphatic carbocycles. The van der Waals surface area contributed by atoms with Gasteiger partial charge in [-0.05, 0) is 40.3 Å². The zero-order valence-electron chi connectivity index (χ0n) is 12.3. The van der Waals surface area contributed by atoms with Gasteiger partial charge in [-0.15, -0.1) is 0 Å². The van der Waals surface area contributed by atoms with Crippen LogP contribution in [-0.4, -0.2) is 35.7 Å². The number of tetrazole rings is 1. The van der Waals surface area contributed by atoms with E-state index in [1.54, 1.807) is 37.4 Å². The SMILES string of the molecule is COc1ccc(Cn2nnnc2S(=O)(=O)c2ccccc2)cc1. The Morgan fingerprint density at radius 2 is 1.74 bits per heavy atom. The van der Waals surface area contributed by atoms with Crippen molar-refractivity contribution >= 4 is 9.84 Å². The van der Waals surface area contributed by atoms with Gasteiger partial charge in [0.25, 0.3) is 5.16 Å². The van der Waals surface area contributed by atoms with E-state index in [1.165, 1.54) is 16.8 Å². The first-order valence-corrected chi connectivity index (χ1v) is 8.29. The molecule has 0 unspecified atom stereocenters. The first-order chi connectivity index (χ1) is 11.1. The summed E-state index contributed by atoms with van der Waals surface area (Å²) in [6.45, 7) is 0.248. The maximum Gasteiger partial charge on any atom is 0.272 e. The van der Waals surface area contributed by atoms with E-state index in [-0.39, 0.29) is 16.6 Å². The van der Waals surface area contributed by atoms with Crippen molar-refractivity contribution in [3.8, 4) is 5.75 Å². The summed E-state index contributed by atoms with van der Waals surface area (Å²) in [5.41, 5.74) is 0.864. The third-order valence-electron chi connectivity index (χ3n) is 3.28. The average molecular weight is 330 g/mol. The highest BCUT2D eigenvalue weighted by Gasteiger charge is 2.25. The van der Waals surface area contributed by atoms with Crippen LogP contribution >= 0.6 is 0 Å². The lowest BCUT2D eigenvalue weighted by molar-refractivity contribution is 0.414. The van der Waals surface area contributed by atoms with E-state index < -0.39 is 9.84 Å². The van der Waals surface area contributed by atoms with E-state index in [2.05, 4.69) is 15.5 Å². The van der Waals surface area contributed by atoms with Gasteiger partial charge >= 0.3 is 0 Å². The Hall–Kier alpha value is -2.74. The predicted octanol–water partition coefficient (Wildman–Crippen LogP) is 1.56. The van der Waals surface area contributed by atoms with Crippen molar-refractivity contribution in [2.75, 3.05) is 7.11 Å². The second kappa shape index (κ2) is 6.17. The van der Waals surface area contributed by atoms with Crippen LogP contribution in [0.3, 0.4) is 0 Å². The summed E-state index contributed by atoms with van der Waals surface area (Å²) < 4.78 is 31.6. The summed E-state index contributed by atoms with van der Waals surface area (Å²) in [5, 5.41) is 10.8. The zero-order chi connectivity index (χ0) is 16.3. The van der Waals surface area contributed by atoms with Crippen LogP contribution in [0, 0.1) is 0 Å². The topological polar surface area (TPSA) is 87.0 Å². The second-order valence-corrected chi connectivity index (χ2v) is 6.63. The molecular formula is C15H14N4O3S. The summed E-state index contributed by atoms with van der Waals surface area (Å²) in [6, 6.07) is 15.4. The Morgan fingerprint density at radius 1 is 1.04 bits per heavy atom. The van der Waals surface area contributed by atoms with Crippen LogP contribution in [0.1, 0.15) is 5.56 Å². The number of sulfone groups is 1. The van der Waals surface area contributed by atoms with Crippen molar-refractivity contribution in [1.82, 2.24) is 20.2 Å². The van der Waals surface area contributed by atoms with Crippen LogP contribution in [0.4, 0.5) is 0 Å². The monoisotopic (exact) mass is 330 g/mol. The van der Waals surface area contributed by atoms with Crippen molar-refractivity contribution in [2.45, 2.75) is 16.6 Å².